The molecule has 0 aromatic heterocycles. The van der Waals surface area contributed by atoms with E-state index in [2.05, 4.69) is 48.3 Å². The molecule has 2 bridgehead atoms. The molecule has 3 rings (SSSR count). The van der Waals surface area contributed by atoms with Gasteiger partial charge in [-0.3, -0.25) is 0 Å². The first-order chi connectivity index (χ1) is 10.7. The molecule has 2 saturated carbocycles. The second-order valence-corrected chi connectivity index (χ2v) is 7.09. The fraction of sp³-hybridized carbons (Fsp3) is 0.632. The van der Waals surface area contributed by atoms with Crippen LogP contribution in [0.15, 0.2) is 24.3 Å². The van der Waals surface area contributed by atoms with Crippen LogP contribution < -0.4 is 5.32 Å². The number of nitrogens with one attached hydrogen (secondary N) is 1. The van der Waals surface area contributed by atoms with E-state index in [0.717, 1.165) is 31.3 Å². The molecule has 22 heavy (non-hydrogen) atoms. The quantitative estimate of drug-likeness (QED) is 0.872. The number of rotatable bonds is 5. The van der Waals surface area contributed by atoms with Gasteiger partial charge in [-0.1, -0.05) is 43.2 Å². The number of benzene rings is 1. The van der Waals surface area contributed by atoms with E-state index in [9.17, 15) is 4.79 Å². The third kappa shape index (κ3) is 3.29. The van der Waals surface area contributed by atoms with Gasteiger partial charge in [-0.05, 0) is 50.0 Å². The lowest BCUT2D eigenvalue weighted by atomic mass is 9.93. The number of carbonyl (C=O) groups excluding carboxylic acids is 1. The third-order valence-electron chi connectivity index (χ3n) is 5.36. The van der Waals surface area contributed by atoms with Crippen molar-refractivity contribution in [2.45, 2.75) is 58.5 Å². The molecule has 2 aliphatic carbocycles. The zero-order valence-electron chi connectivity index (χ0n) is 13.8. The number of fused-ring (bicyclic) bond motifs is 2. The largest absolute Gasteiger partial charge is 0.338 e. The Labute approximate surface area is 134 Å². The van der Waals surface area contributed by atoms with Crippen LogP contribution in [0.5, 0.6) is 0 Å². The van der Waals surface area contributed by atoms with Gasteiger partial charge in [0.1, 0.15) is 0 Å². The highest BCUT2D eigenvalue weighted by molar-refractivity contribution is 5.74. The van der Waals surface area contributed by atoms with E-state index >= 15 is 0 Å². The summed E-state index contributed by atoms with van der Waals surface area (Å²) in [5, 5.41) is 3.09. The Bertz CT molecular complexity index is 511. The van der Waals surface area contributed by atoms with Crippen LogP contribution in [0.25, 0.3) is 0 Å². The summed E-state index contributed by atoms with van der Waals surface area (Å²) in [6, 6.07) is 9.15. The fourth-order valence-electron chi connectivity index (χ4n) is 4.16. The standard InChI is InChI=1S/C19H28N2O/c1-3-10-20-19(22)21(13-15-6-4-14(2)5-7-15)18-12-16-8-9-17(18)11-16/h4-7,16-18H,3,8-13H2,1-2H3,(H,20,22). The summed E-state index contributed by atoms with van der Waals surface area (Å²) in [5.74, 6) is 1.58. The van der Waals surface area contributed by atoms with Gasteiger partial charge in [-0.15, -0.1) is 0 Å². The highest BCUT2D eigenvalue weighted by atomic mass is 16.2. The predicted molar refractivity (Wildman–Crippen MR) is 89.6 cm³/mol. The number of nitrogens with zero attached hydrogens (tertiary/aromatic N) is 1. The van der Waals surface area contributed by atoms with E-state index in [4.69, 9.17) is 0 Å². The van der Waals surface area contributed by atoms with Crippen molar-refractivity contribution < 1.29 is 4.79 Å². The zero-order chi connectivity index (χ0) is 15.5. The van der Waals surface area contributed by atoms with E-state index in [0.29, 0.717) is 6.04 Å². The molecule has 3 unspecified atom stereocenters. The molecule has 3 heteroatoms. The van der Waals surface area contributed by atoms with Gasteiger partial charge in [0.2, 0.25) is 0 Å². The fourth-order valence-corrected chi connectivity index (χ4v) is 4.16. The van der Waals surface area contributed by atoms with Gasteiger partial charge >= 0.3 is 6.03 Å². The number of carbonyl (C=O) groups is 1. The smallest absolute Gasteiger partial charge is 0.317 e. The number of aryl methyl sites for hydroxylation is 1. The summed E-state index contributed by atoms with van der Waals surface area (Å²) in [5.41, 5.74) is 2.51. The third-order valence-corrected chi connectivity index (χ3v) is 5.36. The second-order valence-electron chi connectivity index (χ2n) is 7.09. The Hall–Kier alpha value is -1.51. The number of hydrogen-bond acceptors (Lipinski definition) is 1. The summed E-state index contributed by atoms with van der Waals surface area (Å²) >= 11 is 0. The van der Waals surface area contributed by atoms with Crippen LogP contribution in [-0.2, 0) is 6.54 Å². The maximum absolute atomic E-state index is 12.7. The lowest BCUT2D eigenvalue weighted by molar-refractivity contribution is 0.143. The normalized spacial score (nSPS) is 26.2. The molecule has 0 aliphatic heterocycles. The average molecular weight is 300 g/mol. The van der Waals surface area contributed by atoms with E-state index in [1.54, 1.807) is 0 Å². The van der Waals surface area contributed by atoms with Crippen LogP contribution in [-0.4, -0.2) is 23.5 Å². The predicted octanol–water partition coefficient (Wildman–Crippen LogP) is 4.11. The van der Waals surface area contributed by atoms with Crippen molar-refractivity contribution in [3.8, 4) is 0 Å². The van der Waals surface area contributed by atoms with Gasteiger partial charge in [0.05, 0.1) is 0 Å². The molecular weight excluding hydrogens is 272 g/mol. The van der Waals surface area contributed by atoms with Crippen LogP contribution in [0.3, 0.4) is 0 Å². The second kappa shape index (κ2) is 6.72. The first kappa shape index (κ1) is 15.4. The van der Waals surface area contributed by atoms with Crippen LogP contribution in [0.1, 0.15) is 50.2 Å². The lowest BCUT2D eigenvalue weighted by Crippen LogP contribution is -2.47. The van der Waals surface area contributed by atoms with Gasteiger partial charge in [-0.25, -0.2) is 4.79 Å². The SMILES string of the molecule is CCCNC(=O)N(Cc1ccc(C)cc1)C1CC2CCC1C2. The Kier molecular flexibility index (Phi) is 4.70. The highest BCUT2D eigenvalue weighted by Gasteiger charge is 2.43. The van der Waals surface area contributed by atoms with Gasteiger partial charge < -0.3 is 10.2 Å². The minimum atomic E-state index is 0.125. The van der Waals surface area contributed by atoms with Crippen molar-refractivity contribution in [1.82, 2.24) is 10.2 Å². The van der Waals surface area contributed by atoms with Crippen molar-refractivity contribution in [3.63, 3.8) is 0 Å². The summed E-state index contributed by atoms with van der Waals surface area (Å²) in [7, 11) is 0. The first-order valence-corrected chi connectivity index (χ1v) is 8.77. The summed E-state index contributed by atoms with van der Waals surface area (Å²) < 4.78 is 0. The highest BCUT2D eigenvalue weighted by Crippen LogP contribution is 2.46. The minimum Gasteiger partial charge on any atom is -0.338 e. The first-order valence-electron chi connectivity index (χ1n) is 8.77. The molecule has 3 nitrogen and oxygen atoms in total. The van der Waals surface area contributed by atoms with Crippen molar-refractivity contribution in [3.05, 3.63) is 35.4 Å². The molecule has 1 N–H and O–H groups in total. The Balaban J connectivity index is 1.73. The molecule has 0 radical (unpaired) electrons. The number of urea groups is 1. The molecular formula is C19H28N2O. The Morgan fingerprint density at radius 1 is 1.23 bits per heavy atom. The number of amides is 2. The molecule has 0 spiro atoms. The molecule has 1 aromatic carbocycles. The molecule has 2 aliphatic rings. The minimum absolute atomic E-state index is 0.125. The Morgan fingerprint density at radius 3 is 2.59 bits per heavy atom. The van der Waals surface area contributed by atoms with Crippen molar-refractivity contribution in [1.29, 1.82) is 0 Å². The van der Waals surface area contributed by atoms with Gasteiger partial charge in [0, 0.05) is 19.1 Å². The van der Waals surface area contributed by atoms with Crippen LogP contribution >= 0.6 is 0 Å². The molecule has 1 aromatic rings. The zero-order valence-corrected chi connectivity index (χ0v) is 13.8. The molecule has 3 atom stereocenters. The van der Waals surface area contributed by atoms with Crippen molar-refractivity contribution >= 4 is 6.03 Å². The van der Waals surface area contributed by atoms with Crippen LogP contribution in [0.2, 0.25) is 0 Å². The number of hydrogen-bond donors (Lipinski definition) is 1. The summed E-state index contributed by atoms with van der Waals surface area (Å²) in [4.78, 5) is 14.8. The maximum Gasteiger partial charge on any atom is 0.317 e. The van der Waals surface area contributed by atoms with E-state index in [-0.39, 0.29) is 6.03 Å². The van der Waals surface area contributed by atoms with Gasteiger partial charge in [-0.2, -0.15) is 0 Å². The topological polar surface area (TPSA) is 32.3 Å². The van der Waals surface area contributed by atoms with E-state index < -0.39 is 0 Å². The molecule has 0 heterocycles. The Morgan fingerprint density at radius 2 is 2.00 bits per heavy atom. The van der Waals surface area contributed by atoms with Gasteiger partial charge in [0.25, 0.3) is 0 Å². The van der Waals surface area contributed by atoms with E-state index in [1.165, 1.54) is 36.8 Å². The molecule has 120 valence electrons. The molecule has 2 fully saturated rings. The maximum atomic E-state index is 12.7. The lowest BCUT2D eigenvalue weighted by Gasteiger charge is -2.35. The van der Waals surface area contributed by atoms with Gasteiger partial charge in [0.15, 0.2) is 0 Å². The van der Waals surface area contributed by atoms with Crippen LogP contribution in [0.4, 0.5) is 4.79 Å². The van der Waals surface area contributed by atoms with E-state index in [1.807, 2.05) is 0 Å². The monoisotopic (exact) mass is 300 g/mol. The molecule has 2 amide bonds. The average Bonchev–Trinajstić information content (AvgIpc) is 3.15. The van der Waals surface area contributed by atoms with Crippen molar-refractivity contribution in [2.24, 2.45) is 11.8 Å². The molecule has 0 saturated heterocycles. The summed E-state index contributed by atoms with van der Waals surface area (Å²) in [6.45, 7) is 5.71. The van der Waals surface area contributed by atoms with Crippen LogP contribution in [0, 0.1) is 18.8 Å². The summed E-state index contributed by atoms with van der Waals surface area (Å²) in [6.07, 6.45) is 6.20. The van der Waals surface area contributed by atoms with Crippen molar-refractivity contribution in [2.75, 3.05) is 6.54 Å².